The van der Waals surface area contributed by atoms with E-state index < -0.39 is 26.5 Å². The summed E-state index contributed by atoms with van der Waals surface area (Å²) in [6.07, 6.45) is 108. The fourth-order valence-corrected chi connectivity index (χ4v) is 12.4. The van der Waals surface area contributed by atoms with Crippen LogP contribution in [0.3, 0.4) is 0 Å². The minimum Gasteiger partial charge on any atom is -0.756 e. The fraction of sp³-hybridized carbons (Fsp3) is 0.767. The summed E-state index contributed by atoms with van der Waals surface area (Å²) in [6, 6.07) is 0. The number of rotatable bonds is 75. The van der Waals surface area contributed by atoms with Gasteiger partial charge < -0.3 is 27.9 Å². The molecule has 2 unspecified atom stereocenters. The molecule has 556 valence electrons. The molecule has 0 saturated carbocycles. The molecular weight excluding hydrogens is 1210 g/mol. The van der Waals surface area contributed by atoms with E-state index in [1.54, 1.807) is 0 Å². The second kappa shape index (κ2) is 75.9. The van der Waals surface area contributed by atoms with Crippen molar-refractivity contribution in [2.24, 2.45) is 0 Å². The van der Waals surface area contributed by atoms with E-state index in [0.717, 1.165) is 96.3 Å². The Morgan fingerprint density at radius 1 is 0.333 bits per heavy atom. The number of allylic oxidation sites excluding steroid dienone is 18. The van der Waals surface area contributed by atoms with E-state index in [9.17, 15) is 19.0 Å². The highest BCUT2D eigenvalue weighted by Gasteiger charge is 2.22. The highest BCUT2D eigenvalue weighted by molar-refractivity contribution is 7.45. The lowest BCUT2D eigenvalue weighted by molar-refractivity contribution is -0.870. The van der Waals surface area contributed by atoms with Crippen LogP contribution in [-0.2, 0) is 32.7 Å². The van der Waals surface area contributed by atoms with Crippen molar-refractivity contribution in [2.45, 2.75) is 380 Å². The van der Waals surface area contributed by atoms with E-state index in [2.05, 4.69) is 123 Å². The van der Waals surface area contributed by atoms with Crippen LogP contribution in [0.1, 0.15) is 373 Å². The second-order valence-electron chi connectivity index (χ2n) is 28.4. The van der Waals surface area contributed by atoms with Gasteiger partial charge in [-0.05, 0) is 83.5 Å². The zero-order valence-corrected chi connectivity index (χ0v) is 64.5. The van der Waals surface area contributed by atoms with Gasteiger partial charge in [-0.3, -0.25) is 14.2 Å². The summed E-state index contributed by atoms with van der Waals surface area (Å²) < 4.78 is 34.4. The molecule has 0 aliphatic heterocycles. The molecule has 0 aliphatic carbocycles. The number of nitrogens with zero attached hydrogens (tertiary/aromatic N) is 1. The van der Waals surface area contributed by atoms with E-state index in [0.29, 0.717) is 17.4 Å². The zero-order valence-electron chi connectivity index (χ0n) is 63.6. The summed E-state index contributed by atoms with van der Waals surface area (Å²) in [6.45, 7) is 4.18. The molecule has 0 amide bonds. The topological polar surface area (TPSA) is 111 Å². The number of phosphoric ester groups is 1. The molecule has 0 bridgehead atoms. The molecule has 9 nitrogen and oxygen atoms in total. The number of carbonyl (C=O) groups excluding carboxylic acids is 2. The molecule has 0 N–H and O–H groups in total. The molecule has 0 saturated heterocycles. The Hall–Kier alpha value is -3.33. The number of esters is 2. The second-order valence-corrected chi connectivity index (χ2v) is 29.8. The standard InChI is InChI=1S/C86H154NO8P/c1-6-8-10-12-14-16-18-20-22-24-26-28-30-32-34-36-38-39-40-41-42-43-44-45-46-47-49-51-53-55-57-59-61-63-65-67-69-71-73-75-77-79-86(89)95-84(83-94-96(90,91)93-81-80-87(3,4)5)82-92-85(88)78-76-74-72-70-68-66-64-62-60-58-56-54-52-50-48-37-35-33-31-29-27-25-23-21-19-17-15-13-11-9-7-2/h8,10,14,16,20,22,26,28,32,34,38-39,41-42,44-45,47,49,84H,6-7,9,11-13,15,17-19,21,23-25,27,29-31,33,35-37,40,43,46,48,50-83H2,1-5H3/b10-8-,16-14-,22-20-,28-26-,34-32-,39-38-,42-41-,45-44-,49-47-. The van der Waals surface area contributed by atoms with Crippen molar-refractivity contribution in [3.63, 3.8) is 0 Å². The summed E-state index contributed by atoms with van der Waals surface area (Å²) in [5.74, 6) is -0.821. The van der Waals surface area contributed by atoms with Gasteiger partial charge >= 0.3 is 11.9 Å². The van der Waals surface area contributed by atoms with Crippen LogP contribution in [0, 0.1) is 0 Å². The van der Waals surface area contributed by atoms with Crippen LogP contribution in [0.15, 0.2) is 109 Å². The molecule has 0 fully saturated rings. The van der Waals surface area contributed by atoms with Crippen molar-refractivity contribution < 1.29 is 42.1 Å². The summed E-state index contributed by atoms with van der Waals surface area (Å²) in [4.78, 5) is 38.2. The van der Waals surface area contributed by atoms with Crippen molar-refractivity contribution in [2.75, 3.05) is 47.5 Å². The van der Waals surface area contributed by atoms with E-state index in [1.165, 1.54) is 244 Å². The molecule has 0 aromatic heterocycles. The number of quaternary nitrogens is 1. The van der Waals surface area contributed by atoms with Crippen molar-refractivity contribution in [1.29, 1.82) is 0 Å². The first-order chi connectivity index (χ1) is 47.0. The van der Waals surface area contributed by atoms with Crippen molar-refractivity contribution >= 4 is 19.8 Å². The first-order valence-electron chi connectivity index (χ1n) is 40.6. The molecule has 2 atom stereocenters. The van der Waals surface area contributed by atoms with Crippen LogP contribution in [-0.4, -0.2) is 70.0 Å². The molecule has 0 rings (SSSR count). The highest BCUT2D eigenvalue weighted by atomic mass is 31.2. The van der Waals surface area contributed by atoms with Gasteiger partial charge in [0.1, 0.15) is 19.8 Å². The van der Waals surface area contributed by atoms with E-state index in [-0.39, 0.29) is 32.0 Å². The van der Waals surface area contributed by atoms with E-state index >= 15 is 0 Å². The predicted molar refractivity (Wildman–Crippen MR) is 415 cm³/mol. The van der Waals surface area contributed by atoms with Gasteiger partial charge in [0.25, 0.3) is 7.82 Å². The number of hydrogen-bond donors (Lipinski definition) is 0. The van der Waals surface area contributed by atoms with Gasteiger partial charge in [0.2, 0.25) is 0 Å². The Kier molecular flexibility index (Phi) is 73.2. The Balaban J connectivity index is 3.98. The first-order valence-corrected chi connectivity index (χ1v) is 42.1. The van der Waals surface area contributed by atoms with Gasteiger partial charge in [-0.1, -0.05) is 386 Å². The zero-order chi connectivity index (χ0) is 69.7. The third kappa shape index (κ3) is 79.7. The Bertz CT molecular complexity index is 1990. The molecule has 0 aromatic carbocycles. The smallest absolute Gasteiger partial charge is 0.306 e. The van der Waals surface area contributed by atoms with Gasteiger partial charge in [0, 0.05) is 12.8 Å². The minimum atomic E-state index is -4.65. The van der Waals surface area contributed by atoms with Crippen LogP contribution in [0.5, 0.6) is 0 Å². The number of likely N-dealkylation sites (N-methyl/N-ethyl adjacent to an activating group) is 1. The van der Waals surface area contributed by atoms with Crippen LogP contribution in [0.2, 0.25) is 0 Å². The molecular formula is C86H154NO8P. The van der Waals surface area contributed by atoms with Gasteiger partial charge in [-0.15, -0.1) is 0 Å². The highest BCUT2D eigenvalue weighted by Crippen LogP contribution is 2.38. The minimum absolute atomic E-state index is 0.0324. The van der Waals surface area contributed by atoms with Crippen molar-refractivity contribution in [3.8, 4) is 0 Å². The molecule has 0 radical (unpaired) electrons. The summed E-state index contributed by atoms with van der Waals surface area (Å²) in [5.41, 5.74) is 0. The lowest BCUT2D eigenvalue weighted by Gasteiger charge is -2.28. The van der Waals surface area contributed by atoms with Crippen LogP contribution >= 0.6 is 7.82 Å². The third-order valence-corrected chi connectivity index (χ3v) is 18.8. The summed E-state index contributed by atoms with van der Waals surface area (Å²) >= 11 is 0. The Morgan fingerprint density at radius 2 is 0.594 bits per heavy atom. The monoisotopic (exact) mass is 1360 g/mol. The predicted octanol–water partition coefficient (Wildman–Crippen LogP) is 26.5. The lowest BCUT2D eigenvalue weighted by atomic mass is 10.0. The molecule has 0 heterocycles. The van der Waals surface area contributed by atoms with E-state index in [4.69, 9.17) is 18.5 Å². The fourth-order valence-electron chi connectivity index (χ4n) is 11.7. The molecule has 10 heteroatoms. The van der Waals surface area contributed by atoms with Crippen LogP contribution in [0.4, 0.5) is 0 Å². The quantitative estimate of drug-likeness (QED) is 0.0195. The van der Waals surface area contributed by atoms with Gasteiger partial charge in [-0.2, -0.15) is 0 Å². The number of phosphoric acid groups is 1. The molecule has 96 heavy (non-hydrogen) atoms. The number of hydrogen-bond acceptors (Lipinski definition) is 8. The largest absolute Gasteiger partial charge is 0.756 e. The van der Waals surface area contributed by atoms with Gasteiger partial charge in [0.15, 0.2) is 6.10 Å². The third-order valence-electron chi connectivity index (χ3n) is 17.8. The molecule has 0 spiro atoms. The van der Waals surface area contributed by atoms with Gasteiger partial charge in [-0.25, -0.2) is 0 Å². The number of unbranched alkanes of at least 4 members (excludes halogenated alkanes) is 43. The maximum absolute atomic E-state index is 12.9. The Labute approximate surface area is 595 Å². The van der Waals surface area contributed by atoms with Crippen LogP contribution in [0.25, 0.3) is 0 Å². The van der Waals surface area contributed by atoms with Crippen molar-refractivity contribution in [3.05, 3.63) is 109 Å². The number of carbonyl (C=O) groups is 2. The van der Waals surface area contributed by atoms with Gasteiger partial charge in [0.05, 0.1) is 27.7 Å². The first kappa shape index (κ1) is 92.7. The average Bonchev–Trinajstić information content (AvgIpc) is 2.54. The normalized spacial score (nSPS) is 13.6. The Morgan fingerprint density at radius 3 is 0.885 bits per heavy atom. The summed E-state index contributed by atoms with van der Waals surface area (Å²) in [7, 11) is 1.17. The van der Waals surface area contributed by atoms with E-state index in [1.807, 2.05) is 21.1 Å². The lowest BCUT2D eigenvalue weighted by Crippen LogP contribution is -2.37. The maximum Gasteiger partial charge on any atom is 0.306 e. The maximum atomic E-state index is 12.9. The average molecular weight is 1360 g/mol. The number of ether oxygens (including phenoxy) is 2. The van der Waals surface area contributed by atoms with Crippen LogP contribution < -0.4 is 4.89 Å². The molecule has 0 aromatic rings. The SMILES string of the molecule is CC/C=C\C/C=C\C/C=C\C/C=C\C/C=C\C/C=C\C/C=C\C/C=C\C/C=C\CCCCCCCCCCCCCCCC(=O)OC(COC(=O)CCCCCCCCCCCCCCCCCCCCCCCCCCCCCCCCC)COP(=O)([O-])OCC[N+](C)(C)C. The van der Waals surface area contributed by atoms with Crippen molar-refractivity contribution in [1.82, 2.24) is 0 Å². The molecule has 0 aliphatic rings. The summed E-state index contributed by atoms with van der Waals surface area (Å²) in [5, 5.41) is 0.